The third-order valence-corrected chi connectivity index (χ3v) is 0.862. The van der Waals surface area contributed by atoms with Gasteiger partial charge in [0.05, 0.1) is 7.82 Å². The summed E-state index contributed by atoms with van der Waals surface area (Å²) in [5, 5.41) is 2.75. The number of phosphoric ester groups is 1. The summed E-state index contributed by atoms with van der Waals surface area (Å²) in [4.78, 5) is 19.0. The first-order valence-electron chi connectivity index (χ1n) is 2.73. The third-order valence-electron chi connectivity index (χ3n) is 0.287. The van der Waals surface area contributed by atoms with Gasteiger partial charge in [0, 0.05) is 6.61 Å². The lowest BCUT2D eigenvalue weighted by molar-refractivity contribution is -0.341. The fourth-order valence-electron chi connectivity index (χ4n) is 0.158. The maximum atomic E-state index is 9.48. The topological polar surface area (TPSA) is 84.5 Å². The fourth-order valence-corrected chi connectivity index (χ4v) is 0.474. The molecule has 0 atom stereocenters. The average Bonchev–Trinajstić information content (AvgIpc) is 1.63. The molecule has 0 saturated heterocycles. The fraction of sp³-hybridized carbons (Fsp3) is 1.00. The average molecular weight is 169 g/mol. The van der Waals surface area contributed by atoms with Crippen molar-refractivity contribution in [1.29, 1.82) is 0 Å². The highest BCUT2D eigenvalue weighted by Gasteiger charge is 1.81. The molecule has 0 aromatic heterocycles. The van der Waals surface area contributed by atoms with Crippen molar-refractivity contribution in [3.05, 3.63) is 0 Å². The summed E-state index contributed by atoms with van der Waals surface area (Å²) in [6, 6.07) is 0. The van der Waals surface area contributed by atoms with E-state index in [1.165, 1.54) is 6.92 Å². The van der Waals surface area contributed by atoms with Gasteiger partial charge in [0.2, 0.25) is 0 Å². The molecular formula is C4H12NO4P-2. The summed E-state index contributed by atoms with van der Waals surface area (Å²) < 4.78 is 13.2. The Morgan fingerprint density at radius 1 is 1.50 bits per heavy atom. The van der Waals surface area contributed by atoms with Crippen LogP contribution in [0.15, 0.2) is 0 Å². The minimum atomic E-state index is -4.67. The summed E-state index contributed by atoms with van der Waals surface area (Å²) >= 11 is 0. The first kappa shape index (κ1) is 12.7. The summed E-state index contributed by atoms with van der Waals surface area (Å²) in [6.07, 6.45) is 0. The standard InChI is InChI=1S/C2H7N.C2H7O4P/c1-3-2;1-2-6-7(3,4)5/h3H,1-2H3;2H2,1H3,(H2,3,4,5)/p-2. The highest BCUT2D eigenvalue weighted by Crippen LogP contribution is 2.23. The van der Waals surface area contributed by atoms with Crippen LogP contribution in [0.1, 0.15) is 6.92 Å². The second kappa shape index (κ2) is 7.18. The lowest BCUT2D eigenvalue weighted by Gasteiger charge is -2.27. The van der Waals surface area contributed by atoms with Gasteiger partial charge in [0.1, 0.15) is 0 Å². The maximum Gasteiger partial charge on any atom is 0.0596 e. The van der Waals surface area contributed by atoms with E-state index in [1.54, 1.807) is 0 Å². The van der Waals surface area contributed by atoms with E-state index in [1.807, 2.05) is 14.1 Å². The molecule has 0 aliphatic heterocycles. The van der Waals surface area contributed by atoms with E-state index in [9.17, 15) is 14.4 Å². The predicted octanol–water partition coefficient (Wildman–Crippen LogP) is -1.31. The molecule has 0 radical (unpaired) electrons. The quantitative estimate of drug-likeness (QED) is 0.518. The summed E-state index contributed by atoms with van der Waals surface area (Å²) in [5.41, 5.74) is 0. The Balaban J connectivity index is 0. The van der Waals surface area contributed by atoms with Gasteiger partial charge in [0.25, 0.3) is 0 Å². The van der Waals surface area contributed by atoms with Gasteiger partial charge in [-0.1, -0.05) is 0 Å². The van der Waals surface area contributed by atoms with Crippen molar-refractivity contribution in [2.45, 2.75) is 6.92 Å². The van der Waals surface area contributed by atoms with E-state index in [0.717, 1.165) is 0 Å². The van der Waals surface area contributed by atoms with Gasteiger partial charge in [-0.05, 0) is 21.0 Å². The number of hydrogen-bond acceptors (Lipinski definition) is 5. The minimum absolute atomic E-state index is 0.0791. The Morgan fingerprint density at radius 2 is 1.80 bits per heavy atom. The second-order valence-electron chi connectivity index (χ2n) is 1.36. The van der Waals surface area contributed by atoms with Gasteiger partial charge in [-0.3, -0.25) is 0 Å². The minimum Gasteiger partial charge on any atom is -0.790 e. The van der Waals surface area contributed by atoms with Gasteiger partial charge in [-0.2, -0.15) is 0 Å². The van der Waals surface area contributed by atoms with Crippen molar-refractivity contribution in [2.75, 3.05) is 20.7 Å². The molecule has 0 aliphatic carbocycles. The van der Waals surface area contributed by atoms with Crippen LogP contribution in [0.4, 0.5) is 0 Å². The van der Waals surface area contributed by atoms with Crippen molar-refractivity contribution in [3.8, 4) is 0 Å². The zero-order valence-corrected chi connectivity index (χ0v) is 7.18. The van der Waals surface area contributed by atoms with Crippen LogP contribution in [0.2, 0.25) is 0 Å². The molecule has 0 rings (SSSR count). The molecule has 6 heteroatoms. The largest absolute Gasteiger partial charge is 0.790 e. The molecule has 0 amide bonds. The normalized spacial score (nSPS) is 10.1. The molecular weight excluding hydrogens is 157 g/mol. The van der Waals surface area contributed by atoms with Crippen LogP contribution in [0.25, 0.3) is 0 Å². The molecule has 0 aliphatic rings. The van der Waals surface area contributed by atoms with Crippen LogP contribution in [0.3, 0.4) is 0 Å². The Hall–Kier alpha value is 0.0700. The Bertz CT molecular complexity index is 101. The Labute approximate surface area is 60.6 Å². The maximum absolute atomic E-state index is 9.48. The molecule has 0 bridgehead atoms. The Kier molecular flexibility index (Phi) is 9.13. The molecule has 1 N–H and O–H groups in total. The molecule has 0 spiro atoms. The van der Waals surface area contributed by atoms with Crippen LogP contribution >= 0.6 is 7.82 Å². The molecule has 0 saturated carbocycles. The van der Waals surface area contributed by atoms with Crippen molar-refractivity contribution < 1.29 is 18.9 Å². The van der Waals surface area contributed by atoms with Gasteiger partial charge in [-0.15, -0.1) is 0 Å². The molecule has 0 unspecified atom stereocenters. The third kappa shape index (κ3) is 24.4. The van der Waals surface area contributed by atoms with E-state index < -0.39 is 7.82 Å². The lowest BCUT2D eigenvalue weighted by Crippen LogP contribution is -2.15. The summed E-state index contributed by atoms with van der Waals surface area (Å²) in [6.45, 7) is 1.35. The molecule has 0 fully saturated rings. The second-order valence-corrected chi connectivity index (χ2v) is 2.52. The predicted molar refractivity (Wildman–Crippen MR) is 34.2 cm³/mol. The monoisotopic (exact) mass is 169 g/mol. The number of nitrogens with one attached hydrogen (secondary N) is 1. The molecule has 0 aromatic carbocycles. The van der Waals surface area contributed by atoms with Crippen LogP contribution < -0.4 is 15.1 Å². The van der Waals surface area contributed by atoms with Gasteiger partial charge >= 0.3 is 0 Å². The summed E-state index contributed by atoms with van der Waals surface area (Å²) in [5.74, 6) is 0. The van der Waals surface area contributed by atoms with E-state index in [0.29, 0.717) is 0 Å². The van der Waals surface area contributed by atoms with E-state index in [2.05, 4.69) is 9.84 Å². The van der Waals surface area contributed by atoms with E-state index in [4.69, 9.17) is 0 Å². The van der Waals surface area contributed by atoms with Crippen LogP contribution in [-0.2, 0) is 9.09 Å². The summed E-state index contributed by atoms with van der Waals surface area (Å²) in [7, 11) is -0.916. The van der Waals surface area contributed by atoms with Crippen LogP contribution in [-0.4, -0.2) is 20.7 Å². The molecule has 64 valence electrons. The SMILES string of the molecule is CCOP(=O)([O-])[O-].CNC. The first-order valence-corrected chi connectivity index (χ1v) is 4.19. The van der Waals surface area contributed by atoms with Gasteiger partial charge in [0.15, 0.2) is 0 Å². The first-order chi connectivity index (χ1) is 4.47. The number of hydrogen-bond donors (Lipinski definition) is 1. The van der Waals surface area contributed by atoms with Crippen molar-refractivity contribution in [2.24, 2.45) is 0 Å². The molecule has 10 heavy (non-hydrogen) atoms. The smallest absolute Gasteiger partial charge is 0.0596 e. The zero-order valence-electron chi connectivity index (χ0n) is 6.29. The van der Waals surface area contributed by atoms with Crippen molar-refractivity contribution in [1.82, 2.24) is 5.32 Å². The number of phosphoric acid groups is 1. The van der Waals surface area contributed by atoms with Crippen molar-refractivity contribution in [3.63, 3.8) is 0 Å². The molecule has 5 nitrogen and oxygen atoms in total. The van der Waals surface area contributed by atoms with Gasteiger partial charge in [-0.25, -0.2) is 0 Å². The number of rotatable bonds is 2. The van der Waals surface area contributed by atoms with E-state index >= 15 is 0 Å². The van der Waals surface area contributed by atoms with Crippen LogP contribution in [0, 0.1) is 0 Å². The Morgan fingerprint density at radius 3 is 1.80 bits per heavy atom. The van der Waals surface area contributed by atoms with Crippen LogP contribution in [0.5, 0.6) is 0 Å². The lowest BCUT2D eigenvalue weighted by atomic mass is 10.9. The van der Waals surface area contributed by atoms with E-state index in [-0.39, 0.29) is 6.61 Å². The molecule has 0 heterocycles. The molecule has 0 aromatic rings. The highest BCUT2D eigenvalue weighted by atomic mass is 31.2. The zero-order chi connectivity index (χ0) is 8.62. The van der Waals surface area contributed by atoms with Gasteiger partial charge < -0.3 is 24.2 Å². The van der Waals surface area contributed by atoms with Crippen molar-refractivity contribution >= 4 is 7.82 Å². The highest BCUT2D eigenvalue weighted by molar-refractivity contribution is 7.43.